The quantitative estimate of drug-likeness (QED) is 0.797. The number of halogens is 1. The van der Waals surface area contributed by atoms with Crippen LogP contribution in [0.2, 0.25) is 5.02 Å². The van der Waals surface area contributed by atoms with Gasteiger partial charge >= 0.3 is 5.97 Å². The van der Waals surface area contributed by atoms with E-state index in [0.29, 0.717) is 17.9 Å². The third kappa shape index (κ3) is 3.44. The Hall–Kier alpha value is -1.61. The molecular formula is C15H15ClO3. The van der Waals surface area contributed by atoms with E-state index < -0.39 is 0 Å². The van der Waals surface area contributed by atoms with E-state index in [-0.39, 0.29) is 24.1 Å². The SMILES string of the molecule is COC(=O)CC1=CC(=O)CC(c2ccccc2Cl)C1. The van der Waals surface area contributed by atoms with Gasteiger partial charge in [-0.3, -0.25) is 9.59 Å². The number of allylic oxidation sites excluding steroid dienone is 1. The van der Waals surface area contributed by atoms with E-state index in [1.165, 1.54) is 7.11 Å². The van der Waals surface area contributed by atoms with Crippen LogP contribution in [0.25, 0.3) is 0 Å². The number of ketones is 1. The molecular weight excluding hydrogens is 264 g/mol. The number of methoxy groups -OCH3 is 1. The second-order valence-electron chi connectivity index (χ2n) is 4.65. The zero-order valence-electron chi connectivity index (χ0n) is 10.7. The van der Waals surface area contributed by atoms with E-state index in [1.54, 1.807) is 6.08 Å². The molecule has 0 amide bonds. The molecule has 3 nitrogen and oxygen atoms in total. The van der Waals surface area contributed by atoms with E-state index >= 15 is 0 Å². The summed E-state index contributed by atoms with van der Waals surface area (Å²) in [6.07, 6.45) is 2.84. The van der Waals surface area contributed by atoms with Crippen LogP contribution in [0.5, 0.6) is 0 Å². The first-order valence-corrected chi connectivity index (χ1v) is 6.51. The maximum absolute atomic E-state index is 11.8. The van der Waals surface area contributed by atoms with E-state index in [0.717, 1.165) is 11.1 Å². The fraction of sp³-hybridized carbons (Fsp3) is 0.333. The Bertz CT molecular complexity index is 534. The Morgan fingerprint density at radius 2 is 2.11 bits per heavy atom. The van der Waals surface area contributed by atoms with Crippen molar-refractivity contribution in [1.82, 2.24) is 0 Å². The Morgan fingerprint density at radius 3 is 2.79 bits per heavy atom. The first kappa shape index (κ1) is 13.8. The molecule has 2 rings (SSSR count). The minimum absolute atomic E-state index is 0.0371. The largest absolute Gasteiger partial charge is 0.469 e. The molecule has 1 aromatic rings. The summed E-state index contributed by atoms with van der Waals surface area (Å²) in [5.41, 5.74) is 1.78. The Labute approximate surface area is 117 Å². The molecule has 100 valence electrons. The number of rotatable bonds is 3. The van der Waals surface area contributed by atoms with Gasteiger partial charge in [-0.25, -0.2) is 0 Å². The van der Waals surface area contributed by atoms with Crippen LogP contribution in [0, 0.1) is 0 Å². The highest BCUT2D eigenvalue weighted by Crippen LogP contribution is 2.36. The van der Waals surface area contributed by atoms with Crippen molar-refractivity contribution in [2.45, 2.75) is 25.2 Å². The highest BCUT2D eigenvalue weighted by molar-refractivity contribution is 6.31. The van der Waals surface area contributed by atoms with Crippen LogP contribution in [-0.4, -0.2) is 18.9 Å². The summed E-state index contributed by atoms with van der Waals surface area (Å²) in [6, 6.07) is 7.52. The van der Waals surface area contributed by atoms with Gasteiger partial charge in [0, 0.05) is 11.4 Å². The average molecular weight is 279 g/mol. The lowest BCUT2D eigenvalue weighted by atomic mass is 9.82. The molecule has 0 aromatic heterocycles. The zero-order valence-corrected chi connectivity index (χ0v) is 11.4. The van der Waals surface area contributed by atoms with Gasteiger partial charge in [0.05, 0.1) is 13.5 Å². The number of esters is 1. The van der Waals surface area contributed by atoms with Gasteiger partial charge in [0.25, 0.3) is 0 Å². The standard InChI is InChI=1S/C15H15ClO3/c1-19-15(18)8-10-6-11(9-12(17)7-10)13-4-2-3-5-14(13)16/h2-5,7,11H,6,8-9H2,1H3. The smallest absolute Gasteiger partial charge is 0.309 e. The third-order valence-electron chi connectivity index (χ3n) is 3.27. The van der Waals surface area contributed by atoms with E-state index in [9.17, 15) is 9.59 Å². The van der Waals surface area contributed by atoms with Crippen molar-refractivity contribution in [3.05, 3.63) is 46.5 Å². The number of hydrogen-bond acceptors (Lipinski definition) is 3. The molecule has 0 fully saturated rings. The van der Waals surface area contributed by atoms with Gasteiger partial charge in [-0.15, -0.1) is 0 Å². The molecule has 0 heterocycles. The normalized spacial score (nSPS) is 18.9. The summed E-state index contributed by atoms with van der Waals surface area (Å²) in [5.74, 6) is -0.236. The van der Waals surface area contributed by atoms with Crippen molar-refractivity contribution in [1.29, 1.82) is 0 Å². The topological polar surface area (TPSA) is 43.4 Å². The number of hydrogen-bond donors (Lipinski definition) is 0. The van der Waals surface area contributed by atoms with Crippen LogP contribution >= 0.6 is 11.6 Å². The van der Waals surface area contributed by atoms with Crippen LogP contribution in [0.3, 0.4) is 0 Å². The first-order chi connectivity index (χ1) is 9.10. The van der Waals surface area contributed by atoms with Gasteiger partial charge < -0.3 is 4.74 Å². The van der Waals surface area contributed by atoms with Gasteiger partial charge in [-0.1, -0.05) is 35.4 Å². The summed E-state index contributed by atoms with van der Waals surface area (Å²) < 4.78 is 4.64. The summed E-state index contributed by atoms with van der Waals surface area (Å²) in [7, 11) is 1.35. The van der Waals surface area contributed by atoms with Crippen LogP contribution in [0.4, 0.5) is 0 Å². The van der Waals surface area contributed by atoms with Gasteiger partial charge in [0.2, 0.25) is 0 Å². The molecule has 0 radical (unpaired) electrons. The van der Waals surface area contributed by atoms with Crippen LogP contribution in [0.1, 0.15) is 30.7 Å². The Kier molecular flexibility index (Phi) is 4.38. The van der Waals surface area contributed by atoms with E-state index in [1.807, 2.05) is 24.3 Å². The molecule has 1 aromatic carbocycles. The summed E-state index contributed by atoms with van der Waals surface area (Å²) in [4.78, 5) is 23.1. The zero-order chi connectivity index (χ0) is 13.8. The van der Waals surface area contributed by atoms with Gasteiger partial charge in [0.1, 0.15) is 0 Å². The second-order valence-corrected chi connectivity index (χ2v) is 5.06. The lowest BCUT2D eigenvalue weighted by Crippen LogP contribution is -2.15. The predicted octanol–water partition coefficient (Wildman–Crippen LogP) is 3.28. The van der Waals surface area contributed by atoms with Crippen LogP contribution in [-0.2, 0) is 14.3 Å². The molecule has 4 heteroatoms. The van der Waals surface area contributed by atoms with E-state index in [2.05, 4.69) is 4.74 Å². The fourth-order valence-electron chi connectivity index (χ4n) is 2.38. The summed E-state index contributed by atoms with van der Waals surface area (Å²) in [5, 5.41) is 0.666. The van der Waals surface area contributed by atoms with Crippen LogP contribution < -0.4 is 0 Å². The van der Waals surface area contributed by atoms with Crippen molar-refractivity contribution in [2.24, 2.45) is 0 Å². The monoisotopic (exact) mass is 278 g/mol. The molecule has 0 bridgehead atoms. The number of carbonyl (C=O) groups is 2. The molecule has 0 saturated heterocycles. The molecule has 0 N–H and O–H groups in total. The van der Waals surface area contributed by atoms with Crippen LogP contribution in [0.15, 0.2) is 35.9 Å². The van der Waals surface area contributed by atoms with Gasteiger partial charge in [-0.05, 0) is 30.0 Å². The number of ether oxygens (including phenoxy) is 1. The average Bonchev–Trinajstić information content (AvgIpc) is 2.38. The first-order valence-electron chi connectivity index (χ1n) is 6.13. The van der Waals surface area contributed by atoms with Gasteiger partial charge in [-0.2, -0.15) is 0 Å². The second kappa shape index (κ2) is 6.02. The third-order valence-corrected chi connectivity index (χ3v) is 3.61. The Balaban J connectivity index is 2.18. The molecule has 1 atom stereocenters. The maximum Gasteiger partial charge on any atom is 0.309 e. The van der Waals surface area contributed by atoms with Crippen molar-refractivity contribution < 1.29 is 14.3 Å². The lowest BCUT2D eigenvalue weighted by molar-refractivity contribution is -0.139. The molecule has 1 aliphatic rings. The molecule has 1 unspecified atom stereocenters. The molecule has 19 heavy (non-hydrogen) atoms. The molecule has 0 saturated carbocycles. The Morgan fingerprint density at radius 1 is 1.37 bits per heavy atom. The number of carbonyl (C=O) groups excluding carboxylic acids is 2. The highest BCUT2D eigenvalue weighted by Gasteiger charge is 2.24. The predicted molar refractivity (Wildman–Crippen MR) is 73.2 cm³/mol. The van der Waals surface area contributed by atoms with E-state index in [4.69, 9.17) is 11.6 Å². The minimum atomic E-state index is -0.321. The van der Waals surface area contributed by atoms with Gasteiger partial charge in [0.15, 0.2) is 5.78 Å². The molecule has 0 aliphatic heterocycles. The molecule has 1 aliphatic carbocycles. The summed E-state index contributed by atoms with van der Waals surface area (Å²) in [6.45, 7) is 0. The van der Waals surface area contributed by atoms with Crippen molar-refractivity contribution in [3.63, 3.8) is 0 Å². The molecule has 0 spiro atoms. The van der Waals surface area contributed by atoms with Crippen molar-refractivity contribution in [3.8, 4) is 0 Å². The lowest BCUT2D eigenvalue weighted by Gasteiger charge is -2.22. The van der Waals surface area contributed by atoms with Crippen molar-refractivity contribution in [2.75, 3.05) is 7.11 Å². The maximum atomic E-state index is 11.8. The number of benzene rings is 1. The summed E-state index contributed by atoms with van der Waals surface area (Å²) >= 11 is 6.16. The minimum Gasteiger partial charge on any atom is -0.469 e. The van der Waals surface area contributed by atoms with Crippen molar-refractivity contribution >= 4 is 23.4 Å². The highest BCUT2D eigenvalue weighted by atomic mass is 35.5. The fourth-order valence-corrected chi connectivity index (χ4v) is 2.67.